The molecule has 94 valence electrons. The molecule has 4 heteroatoms. The Kier molecular flexibility index (Phi) is 6.61. The number of carbonyl (C=O) groups is 1. The van der Waals surface area contributed by atoms with E-state index in [0.717, 1.165) is 25.8 Å². The molecule has 0 bridgehead atoms. The zero-order valence-electron chi connectivity index (χ0n) is 10.2. The zero-order chi connectivity index (χ0) is 11.8. The van der Waals surface area contributed by atoms with Crippen molar-refractivity contribution in [3.05, 3.63) is 0 Å². The normalized spacial score (nSPS) is 20.0. The Morgan fingerprint density at radius 2 is 2.38 bits per heavy atom. The van der Waals surface area contributed by atoms with Gasteiger partial charge >= 0.3 is 0 Å². The molecule has 1 N–H and O–H groups in total. The third-order valence-corrected chi connectivity index (χ3v) is 2.75. The number of Topliss-reactive ketones (excluding diaryl/α,β-unsaturated/α-hetero) is 1. The summed E-state index contributed by atoms with van der Waals surface area (Å²) in [6, 6.07) is 0. The molecule has 1 aliphatic heterocycles. The first-order chi connectivity index (χ1) is 7.72. The van der Waals surface area contributed by atoms with Crippen molar-refractivity contribution < 1.29 is 14.6 Å². The van der Waals surface area contributed by atoms with E-state index in [-0.39, 0.29) is 5.78 Å². The molecule has 0 spiro atoms. The quantitative estimate of drug-likeness (QED) is 0.657. The van der Waals surface area contributed by atoms with Crippen molar-refractivity contribution >= 4 is 5.78 Å². The van der Waals surface area contributed by atoms with Crippen molar-refractivity contribution in [1.82, 2.24) is 4.90 Å². The van der Waals surface area contributed by atoms with Crippen LogP contribution in [0.2, 0.25) is 0 Å². The third-order valence-electron chi connectivity index (χ3n) is 2.75. The first-order valence-corrected chi connectivity index (χ1v) is 6.22. The van der Waals surface area contributed by atoms with Gasteiger partial charge in [0.05, 0.1) is 19.3 Å². The third kappa shape index (κ3) is 5.58. The lowest BCUT2D eigenvalue weighted by Crippen LogP contribution is -2.41. The highest BCUT2D eigenvalue weighted by Crippen LogP contribution is 2.06. The van der Waals surface area contributed by atoms with Gasteiger partial charge in [0.1, 0.15) is 5.78 Å². The van der Waals surface area contributed by atoms with E-state index in [4.69, 9.17) is 4.74 Å². The summed E-state index contributed by atoms with van der Waals surface area (Å²) in [6.07, 6.45) is 3.29. The number of aliphatic hydroxyl groups excluding tert-OH is 1. The highest BCUT2D eigenvalue weighted by atomic mass is 16.5. The predicted octanol–water partition coefficient (Wildman–Crippen LogP) is 0.829. The molecule has 0 aromatic heterocycles. The Hall–Kier alpha value is -0.450. The molecule has 1 rings (SSSR count). The van der Waals surface area contributed by atoms with Gasteiger partial charge in [-0.05, 0) is 19.4 Å². The number of rotatable bonds is 7. The van der Waals surface area contributed by atoms with Crippen LogP contribution in [0, 0.1) is 0 Å². The van der Waals surface area contributed by atoms with E-state index in [2.05, 4.69) is 6.92 Å². The summed E-state index contributed by atoms with van der Waals surface area (Å²) in [5, 5.41) is 9.71. The summed E-state index contributed by atoms with van der Waals surface area (Å²) in [4.78, 5) is 13.2. The number of ether oxygens (including phenoxy) is 1. The van der Waals surface area contributed by atoms with Crippen LogP contribution in [-0.4, -0.2) is 54.7 Å². The second kappa shape index (κ2) is 7.76. The fourth-order valence-corrected chi connectivity index (χ4v) is 1.88. The maximum absolute atomic E-state index is 11.2. The van der Waals surface area contributed by atoms with Gasteiger partial charge in [0.25, 0.3) is 0 Å². The number of nitrogens with zero attached hydrogens (tertiary/aromatic N) is 1. The van der Waals surface area contributed by atoms with Gasteiger partial charge in [0, 0.05) is 19.6 Å². The van der Waals surface area contributed by atoms with E-state index in [1.54, 1.807) is 0 Å². The van der Waals surface area contributed by atoms with Crippen molar-refractivity contribution in [2.75, 3.05) is 32.8 Å². The smallest absolute Gasteiger partial charge is 0.146 e. The van der Waals surface area contributed by atoms with Crippen molar-refractivity contribution in [3.63, 3.8) is 0 Å². The topological polar surface area (TPSA) is 49.8 Å². The number of ketones is 1. The number of likely N-dealkylation sites (tertiary alicyclic amines) is 1. The van der Waals surface area contributed by atoms with Gasteiger partial charge in [-0.15, -0.1) is 0 Å². The van der Waals surface area contributed by atoms with Crippen LogP contribution in [0.1, 0.15) is 32.6 Å². The molecular formula is C12H23NO3. The van der Waals surface area contributed by atoms with E-state index in [0.29, 0.717) is 32.7 Å². The summed E-state index contributed by atoms with van der Waals surface area (Å²) in [6.45, 7) is 5.16. The number of hydrogen-bond acceptors (Lipinski definition) is 4. The molecular weight excluding hydrogens is 206 g/mol. The summed E-state index contributed by atoms with van der Waals surface area (Å²) in [7, 11) is 0. The molecule has 4 nitrogen and oxygen atoms in total. The summed E-state index contributed by atoms with van der Waals surface area (Å²) < 4.78 is 5.34. The molecule has 0 amide bonds. The molecule has 0 radical (unpaired) electrons. The van der Waals surface area contributed by atoms with Gasteiger partial charge < -0.3 is 9.84 Å². The van der Waals surface area contributed by atoms with Crippen LogP contribution in [0.5, 0.6) is 0 Å². The van der Waals surface area contributed by atoms with Crippen molar-refractivity contribution in [3.8, 4) is 0 Å². The fraction of sp³-hybridized carbons (Fsp3) is 0.917. The molecule has 0 aromatic rings. The molecule has 0 aromatic carbocycles. The first kappa shape index (κ1) is 13.6. The van der Waals surface area contributed by atoms with Crippen LogP contribution in [0.15, 0.2) is 0 Å². The van der Waals surface area contributed by atoms with Crippen LogP contribution < -0.4 is 0 Å². The van der Waals surface area contributed by atoms with Crippen LogP contribution in [0.3, 0.4) is 0 Å². The van der Waals surface area contributed by atoms with E-state index in [1.807, 2.05) is 4.90 Å². The Morgan fingerprint density at radius 3 is 3.06 bits per heavy atom. The Labute approximate surface area is 97.6 Å². The Bertz CT molecular complexity index is 208. The molecule has 16 heavy (non-hydrogen) atoms. The Morgan fingerprint density at radius 1 is 1.56 bits per heavy atom. The summed E-state index contributed by atoms with van der Waals surface area (Å²) in [5.74, 6) is 0.283. The van der Waals surface area contributed by atoms with Gasteiger partial charge in [-0.3, -0.25) is 9.69 Å². The van der Waals surface area contributed by atoms with Crippen LogP contribution in [0.25, 0.3) is 0 Å². The van der Waals surface area contributed by atoms with Gasteiger partial charge in [0.2, 0.25) is 0 Å². The molecule has 1 fully saturated rings. The lowest BCUT2D eigenvalue weighted by Gasteiger charge is -2.27. The average Bonchev–Trinajstić information content (AvgIpc) is 2.24. The van der Waals surface area contributed by atoms with E-state index < -0.39 is 6.10 Å². The first-order valence-electron chi connectivity index (χ1n) is 6.22. The molecule has 1 atom stereocenters. The highest BCUT2D eigenvalue weighted by Gasteiger charge is 2.19. The predicted molar refractivity (Wildman–Crippen MR) is 62.4 cm³/mol. The highest BCUT2D eigenvalue weighted by molar-refractivity contribution is 5.81. The van der Waals surface area contributed by atoms with Gasteiger partial charge in [0.15, 0.2) is 0 Å². The SMILES string of the molecule is CCCCOCC(O)CN1CCCC(=O)C1. The van der Waals surface area contributed by atoms with E-state index in [9.17, 15) is 9.90 Å². The number of hydrogen-bond donors (Lipinski definition) is 1. The fourth-order valence-electron chi connectivity index (χ4n) is 1.88. The van der Waals surface area contributed by atoms with Crippen LogP contribution in [-0.2, 0) is 9.53 Å². The molecule has 1 saturated heterocycles. The number of aliphatic hydroxyl groups is 1. The van der Waals surface area contributed by atoms with Crippen molar-refractivity contribution in [2.45, 2.75) is 38.7 Å². The molecule has 0 aliphatic carbocycles. The average molecular weight is 229 g/mol. The van der Waals surface area contributed by atoms with Gasteiger partial charge in [-0.2, -0.15) is 0 Å². The molecule has 1 aliphatic rings. The van der Waals surface area contributed by atoms with Crippen molar-refractivity contribution in [2.24, 2.45) is 0 Å². The second-order valence-corrected chi connectivity index (χ2v) is 4.46. The second-order valence-electron chi connectivity index (χ2n) is 4.46. The minimum Gasteiger partial charge on any atom is -0.389 e. The van der Waals surface area contributed by atoms with Crippen molar-refractivity contribution in [1.29, 1.82) is 0 Å². The van der Waals surface area contributed by atoms with E-state index >= 15 is 0 Å². The maximum Gasteiger partial charge on any atom is 0.146 e. The minimum atomic E-state index is -0.470. The lowest BCUT2D eigenvalue weighted by atomic mass is 10.1. The minimum absolute atomic E-state index is 0.283. The number of carbonyl (C=O) groups excluding carboxylic acids is 1. The van der Waals surface area contributed by atoms with Gasteiger partial charge in [-0.1, -0.05) is 13.3 Å². The zero-order valence-corrected chi connectivity index (χ0v) is 10.2. The summed E-state index contributed by atoms with van der Waals surface area (Å²) >= 11 is 0. The van der Waals surface area contributed by atoms with Crippen LogP contribution >= 0.6 is 0 Å². The maximum atomic E-state index is 11.2. The number of unbranched alkanes of at least 4 members (excludes halogenated alkanes) is 1. The standard InChI is InChI=1S/C12H23NO3/c1-2-3-7-16-10-12(15)9-13-6-4-5-11(14)8-13/h12,15H,2-10H2,1H3. The molecule has 1 heterocycles. The van der Waals surface area contributed by atoms with E-state index in [1.165, 1.54) is 0 Å². The monoisotopic (exact) mass is 229 g/mol. The largest absolute Gasteiger partial charge is 0.389 e. The summed E-state index contributed by atoms with van der Waals surface area (Å²) in [5.41, 5.74) is 0. The van der Waals surface area contributed by atoms with Crippen LogP contribution in [0.4, 0.5) is 0 Å². The lowest BCUT2D eigenvalue weighted by molar-refractivity contribution is -0.122. The Balaban J connectivity index is 2.08. The number of β-amino-alcohol motifs (C(OH)–C–C–N with tert-alkyl or cyclic N) is 1. The number of piperidine rings is 1. The molecule has 1 unspecified atom stereocenters. The molecule has 0 saturated carbocycles. The van der Waals surface area contributed by atoms with Gasteiger partial charge in [-0.25, -0.2) is 0 Å².